The van der Waals surface area contributed by atoms with Crippen LogP contribution in [0.1, 0.15) is 11.1 Å². The number of rotatable bonds is 1. The molecule has 0 unspecified atom stereocenters. The number of nitrogens with zero attached hydrogens (tertiary/aromatic N) is 2. The zero-order chi connectivity index (χ0) is 16.1. The predicted molar refractivity (Wildman–Crippen MR) is 88.8 cm³/mol. The lowest BCUT2D eigenvalue weighted by Crippen LogP contribution is -2.39. The summed E-state index contributed by atoms with van der Waals surface area (Å²) in [5.74, 6) is -0.220. The van der Waals surface area contributed by atoms with E-state index in [-0.39, 0.29) is 11.9 Å². The van der Waals surface area contributed by atoms with Crippen molar-refractivity contribution in [2.24, 2.45) is 0 Å². The smallest absolute Gasteiger partial charge is 0.307 e. The summed E-state index contributed by atoms with van der Waals surface area (Å²) in [4.78, 5) is 28.3. The molecule has 0 aromatic heterocycles. The van der Waals surface area contributed by atoms with Gasteiger partial charge in [0.1, 0.15) is 6.04 Å². The van der Waals surface area contributed by atoms with Gasteiger partial charge in [0.25, 0.3) is 5.91 Å². The summed E-state index contributed by atoms with van der Waals surface area (Å²) < 4.78 is 0. The molecular formula is C17H12Cl2N2O2. The molecule has 2 aliphatic heterocycles. The quantitative estimate of drug-likeness (QED) is 0.735. The molecule has 0 spiro atoms. The van der Waals surface area contributed by atoms with Gasteiger partial charge < -0.3 is 4.90 Å². The van der Waals surface area contributed by atoms with Gasteiger partial charge in [-0.25, -0.2) is 9.69 Å². The Morgan fingerprint density at radius 3 is 2.43 bits per heavy atom. The maximum absolute atomic E-state index is 12.7. The standard InChI is InChI=1S/C17H12Cl2N2O2/c18-13-6-5-12(8-14(13)19)21-16(22)15-7-10-3-1-2-4-11(10)9-20(15)17(21)23/h1-6,8,15H,7,9H2/t15-/m0/s1. The van der Waals surface area contributed by atoms with Crippen molar-refractivity contribution in [1.82, 2.24) is 4.90 Å². The van der Waals surface area contributed by atoms with Crippen molar-refractivity contribution >= 4 is 40.8 Å². The summed E-state index contributed by atoms with van der Waals surface area (Å²) in [7, 11) is 0. The number of benzene rings is 2. The third kappa shape index (κ3) is 2.21. The second-order valence-corrected chi connectivity index (χ2v) is 6.49. The van der Waals surface area contributed by atoms with Gasteiger partial charge >= 0.3 is 6.03 Å². The molecule has 0 aliphatic carbocycles. The molecule has 4 nitrogen and oxygen atoms in total. The Labute approximate surface area is 143 Å². The van der Waals surface area contributed by atoms with Gasteiger partial charge in [0.15, 0.2) is 0 Å². The molecule has 0 radical (unpaired) electrons. The normalized spacial score (nSPS) is 19.8. The Morgan fingerprint density at radius 1 is 0.957 bits per heavy atom. The van der Waals surface area contributed by atoms with Crippen LogP contribution in [-0.2, 0) is 17.8 Å². The molecule has 23 heavy (non-hydrogen) atoms. The minimum Gasteiger partial charge on any atom is -0.307 e. The van der Waals surface area contributed by atoms with Crippen molar-refractivity contribution in [1.29, 1.82) is 0 Å². The Kier molecular flexibility index (Phi) is 3.32. The maximum Gasteiger partial charge on any atom is 0.332 e. The molecule has 2 aromatic rings. The number of hydrogen-bond acceptors (Lipinski definition) is 2. The number of carbonyl (C=O) groups is 2. The lowest BCUT2D eigenvalue weighted by molar-refractivity contribution is -0.119. The zero-order valence-electron chi connectivity index (χ0n) is 12.0. The van der Waals surface area contributed by atoms with Gasteiger partial charge in [-0.15, -0.1) is 0 Å². The van der Waals surface area contributed by atoms with E-state index in [1.54, 1.807) is 23.1 Å². The first-order valence-electron chi connectivity index (χ1n) is 7.22. The van der Waals surface area contributed by atoms with Gasteiger partial charge in [0.05, 0.1) is 15.7 Å². The van der Waals surface area contributed by atoms with E-state index in [0.29, 0.717) is 28.7 Å². The van der Waals surface area contributed by atoms with Crippen LogP contribution in [0.4, 0.5) is 10.5 Å². The number of urea groups is 1. The Bertz CT molecular complexity index is 794. The van der Waals surface area contributed by atoms with Crippen LogP contribution < -0.4 is 4.90 Å². The molecule has 0 bridgehead atoms. The first-order chi connectivity index (χ1) is 11.1. The molecule has 0 saturated carbocycles. The molecule has 3 amide bonds. The molecule has 6 heteroatoms. The van der Waals surface area contributed by atoms with Crippen LogP contribution in [0.15, 0.2) is 42.5 Å². The Hall–Kier alpha value is -2.04. The highest BCUT2D eigenvalue weighted by molar-refractivity contribution is 6.42. The number of imide groups is 1. The second kappa shape index (κ2) is 5.25. The topological polar surface area (TPSA) is 40.6 Å². The summed E-state index contributed by atoms with van der Waals surface area (Å²) in [6, 6.07) is 11.9. The van der Waals surface area contributed by atoms with E-state index in [9.17, 15) is 9.59 Å². The van der Waals surface area contributed by atoms with Crippen molar-refractivity contribution in [3.8, 4) is 0 Å². The number of anilines is 1. The fourth-order valence-corrected chi connectivity index (χ4v) is 3.47. The van der Waals surface area contributed by atoms with Crippen molar-refractivity contribution in [3.63, 3.8) is 0 Å². The van der Waals surface area contributed by atoms with Gasteiger partial charge in [-0.2, -0.15) is 0 Å². The molecule has 2 aliphatic rings. The fraction of sp³-hybridized carbons (Fsp3) is 0.176. The van der Waals surface area contributed by atoms with E-state index in [1.165, 1.54) is 4.90 Å². The highest BCUT2D eigenvalue weighted by atomic mass is 35.5. The lowest BCUT2D eigenvalue weighted by Gasteiger charge is -2.28. The minimum absolute atomic E-state index is 0.220. The average molecular weight is 347 g/mol. The van der Waals surface area contributed by atoms with Crippen LogP contribution >= 0.6 is 23.2 Å². The maximum atomic E-state index is 12.7. The average Bonchev–Trinajstić information content (AvgIpc) is 2.79. The monoisotopic (exact) mass is 346 g/mol. The van der Waals surface area contributed by atoms with Crippen LogP contribution in [0.2, 0.25) is 10.0 Å². The van der Waals surface area contributed by atoms with Crippen LogP contribution in [0.25, 0.3) is 0 Å². The Balaban J connectivity index is 1.72. The summed E-state index contributed by atoms with van der Waals surface area (Å²) >= 11 is 11.9. The van der Waals surface area contributed by atoms with Crippen molar-refractivity contribution in [2.45, 2.75) is 19.0 Å². The summed E-state index contributed by atoms with van der Waals surface area (Å²) in [5, 5.41) is 0.706. The first-order valence-corrected chi connectivity index (χ1v) is 7.98. The van der Waals surface area contributed by atoms with Gasteiger partial charge in [0.2, 0.25) is 0 Å². The number of hydrogen-bond donors (Lipinski definition) is 0. The molecule has 1 atom stereocenters. The van der Waals surface area contributed by atoms with Crippen molar-refractivity contribution in [2.75, 3.05) is 4.90 Å². The van der Waals surface area contributed by atoms with E-state index in [4.69, 9.17) is 23.2 Å². The van der Waals surface area contributed by atoms with Gasteiger partial charge in [-0.05, 0) is 29.3 Å². The zero-order valence-corrected chi connectivity index (χ0v) is 13.5. The molecule has 116 valence electrons. The third-order valence-corrected chi connectivity index (χ3v) is 5.09. The lowest BCUT2D eigenvalue weighted by atomic mass is 9.95. The first kappa shape index (κ1) is 14.5. The number of fused-ring (bicyclic) bond motifs is 2. The SMILES string of the molecule is O=C1[C@@H]2Cc3ccccc3CN2C(=O)N1c1ccc(Cl)c(Cl)c1. The van der Waals surface area contributed by atoms with Crippen LogP contribution in [0, 0.1) is 0 Å². The predicted octanol–water partition coefficient (Wildman–Crippen LogP) is 3.89. The van der Waals surface area contributed by atoms with E-state index in [0.717, 1.165) is 11.1 Å². The molecular weight excluding hydrogens is 335 g/mol. The largest absolute Gasteiger partial charge is 0.332 e. The number of halogens is 2. The van der Waals surface area contributed by atoms with Crippen LogP contribution in [0.5, 0.6) is 0 Å². The molecule has 2 aromatic carbocycles. The highest BCUT2D eigenvalue weighted by Gasteiger charge is 2.47. The fourth-order valence-electron chi connectivity index (χ4n) is 3.18. The Morgan fingerprint density at radius 2 is 1.70 bits per heavy atom. The second-order valence-electron chi connectivity index (χ2n) is 5.67. The molecule has 1 saturated heterocycles. The number of amides is 3. The molecule has 4 rings (SSSR count). The van der Waals surface area contributed by atoms with E-state index in [1.807, 2.05) is 24.3 Å². The molecule has 2 heterocycles. The summed E-state index contributed by atoms with van der Waals surface area (Å²) in [5.41, 5.74) is 2.65. The van der Waals surface area contributed by atoms with Gasteiger partial charge in [0, 0.05) is 13.0 Å². The number of carbonyl (C=O) groups excluding carboxylic acids is 2. The van der Waals surface area contributed by atoms with E-state index in [2.05, 4.69) is 0 Å². The van der Waals surface area contributed by atoms with E-state index >= 15 is 0 Å². The van der Waals surface area contributed by atoms with Gasteiger partial charge in [-0.3, -0.25) is 4.79 Å². The highest BCUT2D eigenvalue weighted by Crippen LogP contribution is 2.35. The van der Waals surface area contributed by atoms with Gasteiger partial charge in [-0.1, -0.05) is 47.5 Å². The molecule has 1 fully saturated rings. The summed E-state index contributed by atoms with van der Waals surface area (Å²) in [6.45, 7) is 0.448. The minimum atomic E-state index is -0.452. The summed E-state index contributed by atoms with van der Waals surface area (Å²) in [6.07, 6.45) is 0.540. The van der Waals surface area contributed by atoms with Crippen molar-refractivity contribution in [3.05, 3.63) is 63.6 Å². The molecule has 0 N–H and O–H groups in total. The van der Waals surface area contributed by atoms with Crippen LogP contribution in [0.3, 0.4) is 0 Å². The van der Waals surface area contributed by atoms with E-state index < -0.39 is 6.04 Å². The van der Waals surface area contributed by atoms with Crippen LogP contribution in [-0.4, -0.2) is 22.9 Å². The van der Waals surface area contributed by atoms with Crippen molar-refractivity contribution < 1.29 is 9.59 Å². The third-order valence-electron chi connectivity index (χ3n) is 4.35.